The van der Waals surface area contributed by atoms with E-state index in [0.29, 0.717) is 0 Å². The Kier molecular flexibility index (Phi) is 3.14. The van der Waals surface area contributed by atoms with Crippen LogP contribution in [0.15, 0.2) is 18.2 Å². The van der Waals surface area contributed by atoms with Crippen LogP contribution in [0.5, 0.6) is 0 Å². The normalized spacial score (nSPS) is 32.5. The molecule has 0 spiro atoms. The number of aliphatic hydroxyl groups is 1. The van der Waals surface area contributed by atoms with Crippen molar-refractivity contribution in [3.8, 4) is 0 Å². The maximum Gasteiger partial charge on any atom is 0.0957 e. The van der Waals surface area contributed by atoms with Crippen molar-refractivity contribution < 1.29 is 5.11 Å². The molecule has 3 nitrogen and oxygen atoms in total. The highest BCUT2D eigenvalue weighted by atomic mass is 16.3. The summed E-state index contributed by atoms with van der Waals surface area (Å²) in [4.78, 5) is 4.92. The summed E-state index contributed by atoms with van der Waals surface area (Å²) in [6.45, 7) is 9.74. The molecule has 2 bridgehead atoms. The average molecular weight is 246 g/mol. The van der Waals surface area contributed by atoms with Crippen LogP contribution < -0.4 is 0 Å². The number of rotatable bonds is 2. The van der Waals surface area contributed by atoms with Gasteiger partial charge < -0.3 is 5.11 Å². The first-order valence-electron chi connectivity index (χ1n) is 6.86. The van der Waals surface area contributed by atoms with Crippen LogP contribution in [0.3, 0.4) is 0 Å². The zero-order chi connectivity index (χ0) is 12.7. The Morgan fingerprint density at radius 1 is 1.06 bits per heavy atom. The summed E-state index contributed by atoms with van der Waals surface area (Å²) in [6.07, 6.45) is -0.355. The van der Waals surface area contributed by atoms with E-state index in [4.69, 9.17) is 0 Å². The van der Waals surface area contributed by atoms with Gasteiger partial charge in [0.25, 0.3) is 0 Å². The Morgan fingerprint density at radius 2 is 1.67 bits per heavy atom. The van der Waals surface area contributed by atoms with Crippen LogP contribution in [0.25, 0.3) is 0 Å². The second-order valence-electron chi connectivity index (χ2n) is 5.77. The fraction of sp³-hybridized carbons (Fsp3) is 0.600. The predicted molar refractivity (Wildman–Crippen MR) is 72.7 cm³/mol. The molecule has 3 saturated heterocycles. The highest BCUT2D eigenvalue weighted by Crippen LogP contribution is 2.28. The number of benzene rings is 1. The lowest BCUT2D eigenvalue weighted by molar-refractivity contribution is -0.0470. The molecule has 3 heterocycles. The van der Waals surface area contributed by atoms with Crippen LogP contribution in [-0.4, -0.2) is 53.7 Å². The van der Waals surface area contributed by atoms with Crippen LogP contribution in [-0.2, 0) is 0 Å². The van der Waals surface area contributed by atoms with Gasteiger partial charge in [-0.15, -0.1) is 0 Å². The van der Waals surface area contributed by atoms with Crippen molar-refractivity contribution in [2.24, 2.45) is 0 Å². The van der Waals surface area contributed by atoms with Gasteiger partial charge >= 0.3 is 0 Å². The fourth-order valence-electron chi connectivity index (χ4n) is 3.36. The molecular weight excluding hydrogens is 224 g/mol. The smallest absolute Gasteiger partial charge is 0.0957 e. The van der Waals surface area contributed by atoms with Gasteiger partial charge in [0.1, 0.15) is 0 Å². The second-order valence-corrected chi connectivity index (χ2v) is 5.77. The molecule has 0 aliphatic carbocycles. The molecule has 2 unspecified atom stereocenters. The van der Waals surface area contributed by atoms with Crippen LogP contribution in [0, 0.1) is 13.8 Å². The fourth-order valence-corrected chi connectivity index (χ4v) is 3.36. The van der Waals surface area contributed by atoms with Gasteiger partial charge in [0.15, 0.2) is 0 Å². The van der Waals surface area contributed by atoms with Crippen molar-refractivity contribution in [1.82, 2.24) is 9.80 Å². The van der Waals surface area contributed by atoms with Gasteiger partial charge in [-0.2, -0.15) is 0 Å². The van der Waals surface area contributed by atoms with E-state index in [0.717, 1.165) is 38.3 Å². The lowest BCUT2D eigenvalue weighted by atomic mass is 9.94. The third-order valence-corrected chi connectivity index (χ3v) is 4.27. The number of nitrogens with zero attached hydrogens (tertiary/aromatic N) is 2. The maximum atomic E-state index is 10.6. The molecule has 3 heteroatoms. The minimum Gasteiger partial charge on any atom is -0.387 e. The van der Waals surface area contributed by atoms with E-state index in [2.05, 4.69) is 41.8 Å². The van der Waals surface area contributed by atoms with E-state index in [1.54, 1.807) is 0 Å². The van der Waals surface area contributed by atoms with Gasteiger partial charge in [-0.3, -0.25) is 9.80 Å². The van der Waals surface area contributed by atoms with Crippen molar-refractivity contribution in [3.63, 3.8) is 0 Å². The average Bonchev–Trinajstić information content (AvgIpc) is 2.38. The third kappa shape index (κ3) is 2.18. The van der Waals surface area contributed by atoms with E-state index in [1.165, 1.54) is 11.1 Å². The number of hydrogen-bond acceptors (Lipinski definition) is 3. The maximum absolute atomic E-state index is 10.6. The first-order valence-corrected chi connectivity index (χ1v) is 6.86. The predicted octanol–water partition coefficient (Wildman–Crippen LogP) is 1.34. The van der Waals surface area contributed by atoms with Gasteiger partial charge in [-0.25, -0.2) is 0 Å². The van der Waals surface area contributed by atoms with Crippen molar-refractivity contribution in [2.75, 3.05) is 32.7 Å². The van der Waals surface area contributed by atoms with Gasteiger partial charge in [0.05, 0.1) is 12.1 Å². The summed E-state index contributed by atoms with van der Waals surface area (Å²) in [7, 11) is 0. The molecule has 3 aliphatic rings. The Balaban J connectivity index is 1.83. The molecule has 4 rings (SSSR count). The van der Waals surface area contributed by atoms with E-state index in [9.17, 15) is 5.11 Å². The second kappa shape index (κ2) is 4.65. The van der Waals surface area contributed by atoms with Gasteiger partial charge in [0.2, 0.25) is 0 Å². The van der Waals surface area contributed by atoms with Crippen LogP contribution in [0.2, 0.25) is 0 Å². The minimum absolute atomic E-state index is 0.272. The molecule has 0 radical (unpaired) electrons. The molecule has 0 aromatic heterocycles. The quantitative estimate of drug-likeness (QED) is 0.853. The number of aryl methyl sites for hydroxylation is 2. The van der Waals surface area contributed by atoms with Gasteiger partial charge in [-0.1, -0.05) is 29.3 Å². The van der Waals surface area contributed by atoms with Crippen molar-refractivity contribution in [1.29, 1.82) is 0 Å². The number of aliphatic hydroxyl groups excluding tert-OH is 1. The Bertz CT molecular complexity index is 418. The van der Waals surface area contributed by atoms with Crippen LogP contribution in [0.1, 0.15) is 22.8 Å². The van der Waals surface area contributed by atoms with Crippen LogP contribution in [0.4, 0.5) is 0 Å². The van der Waals surface area contributed by atoms with Crippen LogP contribution >= 0.6 is 0 Å². The van der Waals surface area contributed by atoms with E-state index in [-0.39, 0.29) is 12.1 Å². The Morgan fingerprint density at radius 3 is 2.17 bits per heavy atom. The highest BCUT2D eigenvalue weighted by molar-refractivity contribution is 5.31. The molecule has 18 heavy (non-hydrogen) atoms. The van der Waals surface area contributed by atoms with Crippen molar-refractivity contribution in [3.05, 3.63) is 34.9 Å². The zero-order valence-electron chi connectivity index (χ0n) is 11.3. The molecule has 1 aromatic rings. The molecule has 0 saturated carbocycles. The van der Waals surface area contributed by atoms with Crippen molar-refractivity contribution in [2.45, 2.75) is 26.0 Å². The molecule has 3 fully saturated rings. The first-order chi connectivity index (χ1) is 8.63. The lowest BCUT2D eigenvalue weighted by Gasteiger charge is -2.49. The number of fused-ring (bicyclic) bond motifs is 3. The molecule has 1 aromatic carbocycles. The molecular formula is C15H22N2O. The number of piperazine rings is 3. The largest absolute Gasteiger partial charge is 0.387 e. The monoisotopic (exact) mass is 246 g/mol. The van der Waals surface area contributed by atoms with Gasteiger partial charge in [0, 0.05) is 32.7 Å². The molecule has 98 valence electrons. The highest BCUT2D eigenvalue weighted by Gasteiger charge is 2.36. The summed E-state index contributed by atoms with van der Waals surface area (Å²) >= 11 is 0. The first kappa shape index (κ1) is 12.2. The van der Waals surface area contributed by atoms with Gasteiger partial charge in [-0.05, 0) is 19.4 Å². The summed E-state index contributed by atoms with van der Waals surface area (Å²) in [6, 6.07) is 6.67. The summed E-state index contributed by atoms with van der Waals surface area (Å²) in [5.74, 6) is 0. The summed E-state index contributed by atoms with van der Waals surface area (Å²) in [5.41, 5.74) is 3.55. The topological polar surface area (TPSA) is 26.7 Å². The van der Waals surface area contributed by atoms with E-state index in [1.807, 2.05) is 0 Å². The standard InChI is InChI=1S/C15H22N2O/c1-11-7-12(2)9-13(8-11)15(18)14-10-16-3-5-17(14)6-4-16/h7-9,14-15,18H,3-6,10H2,1-2H3. The summed E-state index contributed by atoms with van der Waals surface area (Å²) < 4.78 is 0. The number of hydrogen-bond donors (Lipinski definition) is 1. The molecule has 2 atom stereocenters. The zero-order valence-corrected chi connectivity index (χ0v) is 11.3. The third-order valence-electron chi connectivity index (χ3n) is 4.27. The van der Waals surface area contributed by atoms with Crippen molar-refractivity contribution >= 4 is 0 Å². The molecule has 0 amide bonds. The van der Waals surface area contributed by atoms with E-state index >= 15 is 0 Å². The van der Waals surface area contributed by atoms with E-state index < -0.39 is 0 Å². The molecule has 1 N–H and O–H groups in total. The Hall–Kier alpha value is -0.900. The Labute approximate surface area is 109 Å². The lowest BCUT2D eigenvalue weighted by Crippen LogP contribution is -2.62. The summed E-state index contributed by atoms with van der Waals surface area (Å²) in [5, 5.41) is 10.6. The molecule has 3 aliphatic heterocycles. The minimum atomic E-state index is -0.355. The SMILES string of the molecule is Cc1cc(C)cc(C(O)C2CN3CCN2CC3)c1.